The topological polar surface area (TPSA) is 26.3 Å². The predicted octanol–water partition coefficient (Wildman–Crippen LogP) is 2.00. The van der Waals surface area contributed by atoms with E-state index >= 15 is 0 Å². The van der Waals surface area contributed by atoms with Gasteiger partial charge in [-0.3, -0.25) is 0 Å². The zero-order chi connectivity index (χ0) is 10.6. The summed E-state index contributed by atoms with van der Waals surface area (Å²) in [5.41, 5.74) is 0.159. The van der Waals surface area contributed by atoms with Gasteiger partial charge in [0.2, 0.25) is 0 Å². The quantitative estimate of drug-likeness (QED) is 0.529. The van der Waals surface area contributed by atoms with Gasteiger partial charge in [0.25, 0.3) is 0 Å². The Hall–Kier alpha value is -1.82. The first kappa shape index (κ1) is 10.3. The molecule has 1 aromatic rings. The Morgan fingerprint density at radius 3 is 2.93 bits per heavy atom. The molecule has 1 rings (SSSR count). The van der Waals surface area contributed by atoms with Gasteiger partial charge in [0.1, 0.15) is 5.82 Å². The third kappa shape index (κ3) is 2.60. The van der Waals surface area contributed by atoms with E-state index in [0.29, 0.717) is 0 Å². The largest absolute Gasteiger partial charge is 0.446 e. The molecule has 0 saturated carbocycles. The Morgan fingerprint density at radius 2 is 2.36 bits per heavy atom. The maximum absolute atomic E-state index is 12.7. The molecule has 0 aliphatic heterocycles. The smallest absolute Gasteiger partial charge is 0.339 e. The molecular weight excluding hydrogens is 183 g/mol. The fourth-order valence-corrected chi connectivity index (χ4v) is 0.878. The van der Waals surface area contributed by atoms with Crippen LogP contribution in [0, 0.1) is 18.2 Å². The van der Waals surface area contributed by atoms with Crippen molar-refractivity contribution in [2.24, 2.45) is 0 Å². The first-order valence-corrected chi connectivity index (χ1v) is 4.06. The van der Waals surface area contributed by atoms with Gasteiger partial charge < -0.3 is 4.74 Å². The van der Waals surface area contributed by atoms with Crippen molar-refractivity contribution in [3.05, 3.63) is 35.6 Å². The van der Waals surface area contributed by atoms with Gasteiger partial charge >= 0.3 is 5.97 Å². The number of terminal acetylenes is 1. The van der Waals surface area contributed by atoms with Crippen LogP contribution in [0.1, 0.15) is 17.3 Å². The first-order chi connectivity index (χ1) is 6.63. The molecule has 14 heavy (non-hydrogen) atoms. The Kier molecular flexibility index (Phi) is 3.24. The second-order valence-electron chi connectivity index (χ2n) is 2.72. The molecule has 0 aromatic heterocycles. The molecular formula is C11H9FO2. The minimum atomic E-state index is -0.616. The molecule has 1 unspecified atom stereocenters. The lowest BCUT2D eigenvalue weighted by Gasteiger charge is -2.06. The lowest BCUT2D eigenvalue weighted by molar-refractivity contribution is 0.0438. The molecule has 0 spiro atoms. The lowest BCUT2D eigenvalue weighted by Crippen LogP contribution is -2.13. The van der Waals surface area contributed by atoms with Gasteiger partial charge in [-0.2, -0.15) is 0 Å². The van der Waals surface area contributed by atoms with Gasteiger partial charge in [-0.25, -0.2) is 9.18 Å². The summed E-state index contributed by atoms with van der Waals surface area (Å²) in [5.74, 6) is 1.15. The number of esters is 1. The average molecular weight is 192 g/mol. The van der Waals surface area contributed by atoms with Crippen molar-refractivity contribution in [1.82, 2.24) is 0 Å². The molecule has 0 amide bonds. The molecule has 3 heteroatoms. The van der Waals surface area contributed by atoms with Crippen LogP contribution in [0.2, 0.25) is 0 Å². The molecule has 72 valence electrons. The molecule has 0 radical (unpaired) electrons. The van der Waals surface area contributed by atoms with E-state index < -0.39 is 17.9 Å². The fraction of sp³-hybridized carbons (Fsp3) is 0.182. The SMILES string of the molecule is C#CC(C)OC(=O)c1cccc(F)c1. The van der Waals surface area contributed by atoms with E-state index in [1.807, 2.05) is 0 Å². The molecule has 0 aliphatic rings. The second-order valence-corrected chi connectivity index (χ2v) is 2.72. The summed E-state index contributed by atoms with van der Waals surface area (Å²) >= 11 is 0. The zero-order valence-corrected chi connectivity index (χ0v) is 7.66. The lowest BCUT2D eigenvalue weighted by atomic mass is 10.2. The van der Waals surface area contributed by atoms with Crippen molar-refractivity contribution in [3.8, 4) is 12.3 Å². The molecule has 0 bridgehead atoms. The number of carbonyl (C=O) groups excluding carboxylic acids is 1. The van der Waals surface area contributed by atoms with Crippen molar-refractivity contribution >= 4 is 5.97 Å². The van der Waals surface area contributed by atoms with Crippen LogP contribution in [0.25, 0.3) is 0 Å². The molecule has 0 fully saturated rings. The Labute approximate surface area is 81.7 Å². The molecule has 1 atom stereocenters. The standard InChI is InChI=1S/C11H9FO2/c1-3-8(2)14-11(13)9-5-4-6-10(12)7-9/h1,4-8H,2H3. The minimum Gasteiger partial charge on any atom is -0.446 e. The van der Waals surface area contributed by atoms with Gasteiger partial charge in [0, 0.05) is 0 Å². The second kappa shape index (κ2) is 4.43. The molecule has 0 aliphatic carbocycles. The van der Waals surface area contributed by atoms with E-state index in [1.165, 1.54) is 18.2 Å². The average Bonchev–Trinajstić information content (AvgIpc) is 2.17. The third-order valence-corrected chi connectivity index (χ3v) is 1.58. The minimum absolute atomic E-state index is 0.159. The highest BCUT2D eigenvalue weighted by atomic mass is 19.1. The van der Waals surface area contributed by atoms with Gasteiger partial charge in [-0.15, -0.1) is 6.42 Å². The van der Waals surface area contributed by atoms with Crippen molar-refractivity contribution < 1.29 is 13.9 Å². The van der Waals surface area contributed by atoms with E-state index in [9.17, 15) is 9.18 Å². The van der Waals surface area contributed by atoms with Gasteiger partial charge in [-0.1, -0.05) is 12.0 Å². The van der Waals surface area contributed by atoms with Crippen LogP contribution in [0.3, 0.4) is 0 Å². The molecule has 0 saturated heterocycles. The maximum Gasteiger partial charge on any atom is 0.339 e. The van der Waals surface area contributed by atoms with Crippen LogP contribution in [-0.4, -0.2) is 12.1 Å². The predicted molar refractivity (Wildman–Crippen MR) is 50.1 cm³/mol. The van der Waals surface area contributed by atoms with E-state index in [-0.39, 0.29) is 5.56 Å². The van der Waals surface area contributed by atoms with Crippen LogP contribution < -0.4 is 0 Å². The normalized spacial score (nSPS) is 11.5. The van der Waals surface area contributed by atoms with E-state index in [1.54, 1.807) is 6.92 Å². The number of carbonyl (C=O) groups is 1. The first-order valence-electron chi connectivity index (χ1n) is 4.06. The number of hydrogen-bond donors (Lipinski definition) is 0. The van der Waals surface area contributed by atoms with Crippen LogP contribution in [0.5, 0.6) is 0 Å². The van der Waals surface area contributed by atoms with Gasteiger partial charge in [0.05, 0.1) is 5.56 Å². The van der Waals surface area contributed by atoms with Gasteiger partial charge in [-0.05, 0) is 25.1 Å². The Bertz CT molecular complexity index is 379. The summed E-state index contributed by atoms with van der Waals surface area (Å²) in [5, 5.41) is 0. The van der Waals surface area contributed by atoms with Gasteiger partial charge in [0.15, 0.2) is 6.10 Å². The number of benzene rings is 1. The van der Waals surface area contributed by atoms with Crippen LogP contribution in [-0.2, 0) is 4.74 Å². The zero-order valence-electron chi connectivity index (χ0n) is 7.66. The van der Waals surface area contributed by atoms with E-state index in [2.05, 4.69) is 5.92 Å². The maximum atomic E-state index is 12.7. The van der Waals surface area contributed by atoms with Crippen molar-refractivity contribution in [2.75, 3.05) is 0 Å². The summed E-state index contributed by atoms with van der Waals surface area (Å²) in [4.78, 5) is 11.3. The monoisotopic (exact) mass is 192 g/mol. The fourth-order valence-electron chi connectivity index (χ4n) is 0.878. The van der Waals surface area contributed by atoms with E-state index in [0.717, 1.165) is 6.07 Å². The molecule has 1 aromatic carbocycles. The highest BCUT2D eigenvalue weighted by Gasteiger charge is 2.10. The van der Waals surface area contributed by atoms with Crippen LogP contribution in [0.15, 0.2) is 24.3 Å². The highest BCUT2D eigenvalue weighted by molar-refractivity contribution is 5.89. The molecule has 0 heterocycles. The third-order valence-electron chi connectivity index (χ3n) is 1.58. The summed E-state index contributed by atoms with van der Waals surface area (Å²) in [6.07, 6.45) is 4.42. The van der Waals surface area contributed by atoms with Crippen LogP contribution in [0.4, 0.5) is 4.39 Å². The number of hydrogen-bond acceptors (Lipinski definition) is 2. The van der Waals surface area contributed by atoms with Crippen LogP contribution >= 0.6 is 0 Å². The molecule has 0 N–H and O–H groups in total. The molecule has 2 nitrogen and oxygen atoms in total. The number of rotatable bonds is 2. The van der Waals surface area contributed by atoms with Crippen molar-refractivity contribution in [1.29, 1.82) is 0 Å². The van der Waals surface area contributed by atoms with Crippen molar-refractivity contribution in [2.45, 2.75) is 13.0 Å². The van der Waals surface area contributed by atoms with E-state index in [4.69, 9.17) is 11.2 Å². The summed E-state index contributed by atoms with van der Waals surface area (Å²) < 4.78 is 17.5. The Morgan fingerprint density at radius 1 is 1.64 bits per heavy atom. The summed E-state index contributed by atoms with van der Waals surface area (Å²) in [7, 11) is 0. The number of ether oxygens (including phenoxy) is 1. The summed E-state index contributed by atoms with van der Waals surface area (Å²) in [6.45, 7) is 1.57. The number of halogens is 1. The Balaban J connectivity index is 2.76. The van der Waals surface area contributed by atoms with Crippen molar-refractivity contribution in [3.63, 3.8) is 0 Å². The highest BCUT2D eigenvalue weighted by Crippen LogP contribution is 2.06. The summed E-state index contributed by atoms with van der Waals surface area (Å²) in [6, 6.07) is 5.26.